The van der Waals surface area contributed by atoms with Gasteiger partial charge in [-0.3, -0.25) is 0 Å². The molecule has 4 heteroatoms. The standard InChI is InChI=1S/C64H39N3O/c1-3-16-40(17-4-1)45-33-35-59-54(39-45)51-27-15-28-52(60(51)68-59)63-66-61(41-18-5-2-6-19-41)65-62(67-63)47-23-14-22-44(37-47)42-20-13-21-43(36-42)46-32-34-58-53(38-46)50-26-9-12-31-57(50)64(58)55-29-10-7-24-48(55)49-25-8-11-30-56(49)64/h1-39H. The molecule has 12 aromatic rings. The number of para-hydroxylation sites is 1. The Bertz CT molecular complexity index is 3940. The third kappa shape index (κ3) is 5.77. The first-order valence-electron chi connectivity index (χ1n) is 23.2. The van der Waals surface area contributed by atoms with Crippen molar-refractivity contribution in [2.24, 2.45) is 0 Å². The maximum absolute atomic E-state index is 6.64. The van der Waals surface area contributed by atoms with Crippen LogP contribution in [0.25, 0.3) is 112 Å². The first-order chi connectivity index (χ1) is 33.7. The van der Waals surface area contributed by atoms with Crippen LogP contribution in [0.2, 0.25) is 0 Å². The molecule has 68 heavy (non-hydrogen) atoms. The van der Waals surface area contributed by atoms with E-state index in [1.165, 1.54) is 50.1 Å². The van der Waals surface area contributed by atoms with Crippen molar-refractivity contribution in [2.45, 2.75) is 5.41 Å². The molecule has 0 N–H and O–H groups in total. The van der Waals surface area contributed by atoms with E-state index in [4.69, 9.17) is 19.4 Å². The number of hydrogen-bond acceptors (Lipinski definition) is 4. The molecule has 0 fully saturated rings. The second-order valence-electron chi connectivity index (χ2n) is 17.8. The highest BCUT2D eigenvalue weighted by Gasteiger charge is 2.51. The van der Waals surface area contributed by atoms with E-state index in [1.54, 1.807) is 0 Å². The van der Waals surface area contributed by atoms with Crippen LogP contribution in [0.3, 0.4) is 0 Å². The van der Waals surface area contributed by atoms with Crippen molar-refractivity contribution in [3.8, 4) is 89.8 Å². The van der Waals surface area contributed by atoms with Crippen LogP contribution in [0.5, 0.6) is 0 Å². The molecule has 0 radical (unpaired) electrons. The molecule has 0 saturated carbocycles. The van der Waals surface area contributed by atoms with Gasteiger partial charge in [0.05, 0.1) is 11.0 Å². The number of rotatable bonds is 6. The Hall–Kier alpha value is -8.99. The van der Waals surface area contributed by atoms with Gasteiger partial charge in [-0.05, 0) is 114 Å². The Kier molecular flexibility index (Phi) is 8.46. The van der Waals surface area contributed by atoms with Gasteiger partial charge in [-0.25, -0.2) is 15.0 Å². The third-order valence-corrected chi connectivity index (χ3v) is 14.2. The van der Waals surface area contributed by atoms with Crippen LogP contribution in [-0.4, -0.2) is 15.0 Å². The zero-order valence-electron chi connectivity index (χ0n) is 36.8. The highest BCUT2D eigenvalue weighted by Crippen LogP contribution is 2.63. The summed E-state index contributed by atoms with van der Waals surface area (Å²) in [7, 11) is 0. The molecule has 14 rings (SSSR count). The minimum Gasteiger partial charge on any atom is -0.455 e. The van der Waals surface area contributed by atoms with E-state index in [2.05, 4.69) is 194 Å². The first-order valence-corrected chi connectivity index (χ1v) is 23.2. The van der Waals surface area contributed by atoms with Crippen LogP contribution >= 0.6 is 0 Å². The topological polar surface area (TPSA) is 51.8 Å². The number of fused-ring (bicyclic) bond motifs is 13. The van der Waals surface area contributed by atoms with E-state index in [-0.39, 0.29) is 5.41 Å². The predicted molar refractivity (Wildman–Crippen MR) is 276 cm³/mol. The molecule has 316 valence electrons. The Morgan fingerprint density at radius 3 is 1.37 bits per heavy atom. The second-order valence-corrected chi connectivity index (χ2v) is 17.8. The molecule has 2 aliphatic rings. The average Bonchev–Trinajstić information content (AvgIpc) is 4.05. The van der Waals surface area contributed by atoms with Crippen LogP contribution in [0.1, 0.15) is 22.3 Å². The number of benzene rings is 10. The zero-order valence-corrected chi connectivity index (χ0v) is 36.8. The molecule has 4 nitrogen and oxygen atoms in total. The van der Waals surface area contributed by atoms with Crippen molar-refractivity contribution in [3.05, 3.63) is 259 Å². The summed E-state index contributed by atoms with van der Waals surface area (Å²) in [5, 5.41) is 2.07. The molecular formula is C64H39N3O. The minimum atomic E-state index is -0.361. The van der Waals surface area contributed by atoms with Crippen molar-refractivity contribution < 1.29 is 4.42 Å². The molecule has 0 atom stereocenters. The quantitative estimate of drug-likeness (QED) is 0.167. The van der Waals surface area contributed by atoms with Crippen molar-refractivity contribution in [1.29, 1.82) is 0 Å². The number of hydrogen-bond donors (Lipinski definition) is 0. The normalized spacial score (nSPS) is 12.8. The monoisotopic (exact) mass is 865 g/mol. The summed E-state index contributed by atoms with van der Waals surface area (Å²) >= 11 is 0. The zero-order chi connectivity index (χ0) is 44.8. The summed E-state index contributed by atoms with van der Waals surface area (Å²) in [6, 6.07) is 84.6. The highest BCUT2D eigenvalue weighted by molar-refractivity contribution is 6.10. The fourth-order valence-corrected chi connectivity index (χ4v) is 11.1. The fraction of sp³-hybridized carbons (Fsp3) is 0.0156. The third-order valence-electron chi connectivity index (χ3n) is 14.2. The van der Waals surface area contributed by atoms with E-state index < -0.39 is 0 Å². The maximum atomic E-state index is 6.64. The van der Waals surface area contributed by atoms with Crippen LogP contribution in [0, 0.1) is 0 Å². The smallest absolute Gasteiger partial charge is 0.167 e. The van der Waals surface area contributed by atoms with Crippen LogP contribution in [0.4, 0.5) is 0 Å². The van der Waals surface area contributed by atoms with Crippen LogP contribution in [0.15, 0.2) is 241 Å². The summed E-state index contributed by atoms with van der Waals surface area (Å²) in [5.74, 6) is 1.74. The molecule has 2 heterocycles. The van der Waals surface area contributed by atoms with Crippen molar-refractivity contribution in [1.82, 2.24) is 15.0 Å². The lowest BCUT2D eigenvalue weighted by molar-refractivity contribution is 0.669. The van der Waals surface area contributed by atoms with Crippen molar-refractivity contribution >= 4 is 21.9 Å². The number of nitrogens with zero attached hydrogens (tertiary/aromatic N) is 3. The average molecular weight is 866 g/mol. The van der Waals surface area contributed by atoms with Crippen molar-refractivity contribution in [2.75, 3.05) is 0 Å². The summed E-state index contributed by atoms with van der Waals surface area (Å²) in [6.07, 6.45) is 0. The summed E-state index contributed by atoms with van der Waals surface area (Å²) in [4.78, 5) is 15.4. The van der Waals surface area contributed by atoms with Gasteiger partial charge in [-0.15, -0.1) is 0 Å². The fourth-order valence-electron chi connectivity index (χ4n) is 11.1. The molecule has 0 unspecified atom stereocenters. The van der Waals surface area contributed by atoms with E-state index in [1.807, 2.05) is 42.5 Å². The Morgan fingerprint density at radius 2 is 0.706 bits per heavy atom. The summed E-state index contributed by atoms with van der Waals surface area (Å²) < 4.78 is 6.64. The molecule has 2 aliphatic carbocycles. The second kappa shape index (κ2) is 15.0. The van der Waals surface area contributed by atoms with E-state index in [0.29, 0.717) is 17.5 Å². The number of aromatic nitrogens is 3. The predicted octanol–water partition coefficient (Wildman–Crippen LogP) is 16.1. The lowest BCUT2D eigenvalue weighted by Crippen LogP contribution is -2.25. The molecular weight excluding hydrogens is 827 g/mol. The van der Waals surface area contributed by atoms with Crippen molar-refractivity contribution in [3.63, 3.8) is 0 Å². The van der Waals surface area contributed by atoms with Gasteiger partial charge in [0.15, 0.2) is 17.5 Å². The minimum absolute atomic E-state index is 0.361. The lowest BCUT2D eigenvalue weighted by atomic mass is 9.70. The Balaban J connectivity index is 0.860. The van der Waals surface area contributed by atoms with Crippen LogP contribution in [-0.2, 0) is 5.41 Å². The van der Waals surface area contributed by atoms with Gasteiger partial charge in [0, 0.05) is 21.9 Å². The largest absolute Gasteiger partial charge is 0.455 e. The summed E-state index contributed by atoms with van der Waals surface area (Å²) in [5.41, 5.74) is 21.2. The summed E-state index contributed by atoms with van der Waals surface area (Å²) in [6.45, 7) is 0. The Morgan fingerprint density at radius 1 is 0.265 bits per heavy atom. The SMILES string of the molecule is c1ccc(-c2ccc3oc4c(-c5nc(-c6ccccc6)nc(-c6cccc(-c7cccc(-c8ccc9c(c8)-c8ccccc8C98c9ccccc9-c9ccccc98)c7)c6)n5)cccc4c3c2)cc1. The molecule has 0 amide bonds. The van der Waals surface area contributed by atoms with E-state index in [9.17, 15) is 0 Å². The molecule has 0 saturated heterocycles. The molecule has 0 aliphatic heterocycles. The molecule has 0 bridgehead atoms. The van der Waals surface area contributed by atoms with Gasteiger partial charge >= 0.3 is 0 Å². The van der Waals surface area contributed by atoms with Gasteiger partial charge in [0.2, 0.25) is 0 Å². The molecule has 1 spiro atoms. The van der Waals surface area contributed by atoms with Gasteiger partial charge in [0.25, 0.3) is 0 Å². The van der Waals surface area contributed by atoms with Gasteiger partial charge in [-0.1, -0.05) is 200 Å². The Labute approximate surface area is 393 Å². The first kappa shape index (κ1) is 38.3. The van der Waals surface area contributed by atoms with E-state index >= 15 is 0 Å². The molecule has 10 aromatic carbocycles. The molecule has 2 aromatic heterocycles. The maximum Gasteiger partial charge on any atom is 0.167 e. The van der Waals surface area contributed by atoms with Crippen LogP contribution < -0.4 is 0 Å². The number of furan rings is 1. The lowest BCUT2D eigenvalue weighted by Gasteiger charge is -2.30. The van der Waals surface area contributed by atoms with E-state index in [0.717, 1.165) is 66.4 Å². The highest BCUT2D eigenvalue weighted by atomic mass is 16.3. The van der Waals surface area contributed by atoms with Gasteiger partial charge in [0.1, 0.15) is 11.2 Å². The van der Waals surface area contributed by atoms with Gasteiger partial charge in [-0.2, -0.15) is 0 Å². The van der Waals surface area contributed by atoms with Gasteiger partial charge < -0.3 is 4.42 Å².